The van der Waals surface area contributed by atoms with Gasteiger partial charge < -0.3 is 10.9 Å². The van der Waals surface area contributed by atoms with Crippen molar-refractivity contribution in [2.45, 2.75) is 0 Å². The second-order valence-electron chi connectivity index (χ2n) is 5.54. The van der Waals surface area contributed by atoms with Crippen LogP contribution in [0.3, 0.4) is 0 Å². The van der Waals surface area contributed by atoms with Crippen molar-refractivity contribution in [1.82, 2.24) is 0 Å². The molecule has 0 amide bonds. The van der Waals surface area contributed by atoms with Crippen LogP contribution in [0, 0.1) is 5.21 Å². The summed E-state index contributed by atoms with van der Waals surface area (Å²) in [5.41, 5.74) is 7.32. The minimum Gasteiger partial charge on any atom is -0.595 e. The normalized spacial score (nSPS) is 12.9. The number of carbonyl (C=O) groups excluding carboxylic acids is 1. The number of rotatable bonds is 5. The first-order chi connectivity index (χ1) is 12.5. The molecular formula is C19H17N3O3S. The van der Waals surface area contributed by atoms with E-state index >= 15 is 0 Å². The summed E-state index contributed by atoms with van der Waals surface area (Å²) in [7, 11) is 0. The SMILES string of the molecule is NC(=Nc1cccc2ccccc12)SCC(=O)c1ccc([NH+]([O-])O)cc1. The van der Waals surface area contributed by atoms with Crippen LogP contribution in [0.25, 0.3) is 10.8 Å². The summed E-state index contributed by atoms with van der Waals surface area (Å²) in [5.74, 6) is -0.00464. The number of carbonyl (C=O) groups is 1. The number of amidine groups is 1. The van der Waals surface area contributed by atoms with E-state index in [0.717, 1.165) is 28.2 Å². The zero-order valence-electron chi connectivity index (χ0n) is 13.8. The number of nitrogens with one attached hydrogen (secondary N) is 1. The Morgan fingerprint density at radius 2 is 1.77 bits per heavy atom. The lowest BCUT2D eigenvalue weighted by Gasteiger charge is -2.11. The zero-order chi connectivity index (χ0) is 18.5. The van der Waals surface area contributed by atoms with Crippen LogP contribution in [0.5, 0.6) is 0 Å². The Labute approximate surface area is 154 Å². The lowest BCUT2D eigenvalue weighted by molar-refractivity contribution is -0.991. The lowest BCUT2D eigenvalue weighted by atomic mass is 10.1. The standard InChI is InChI=1S/C19H17N3O3S/c20-19(21-17-7-3-5-13-4-1-2-6-16(13)17)26-12-18(23)14-8-10-15(11-9-14)22(24)25/h1-11,22,24H,12H2,(H2,20,21). The predicted molar refractivity (Wildman–Crippen MR) is 104 cm³/mol. The molecule has 0 radical (unpaired) electrons. The molecule has 0 aliphatic heterocycles. The highest BCUT2D eigenvalue weighted by Crippen LogP contribution is 2.26. The van der Waals surface area contributed by atoms with E-state index in [1.54, 1.807) is 0 Å². The molecule has 0 spiro atoms. The molecular weight excluding hydrogens is 350 g/mol. The van der Waals surface area contributed by atoms with Gasteiger partial charge in [0.05, 0.1) is 11.4 Å². The monoisotopic (exact) mass is 367 g/mol. The second kappa shape index (κ2) is 8.11. The topological polar surface area (TPSA) is 103 Å². The third-order valence-electron chi connectivity index (χ3n) is 3.80. The van der Waals surface area contributed by atoms with Gasteiger partial charge in [-0.1, -0.05) is 48.2 Å². The molecule has 3 aromatic rings. The highest BCUT2D eigenvalue weighted by molar-refractivity contribution is 8.14. The van der Waals surface area contributed by atoms with E-state index in [2.05, 4.69) is 4.99 Å². The van der Waals surface area contributed by atoms with E-state index in [-0.39, 0.29) is 17.2 Å². The molecule has 7 heteroatoms. The minimum absolute atomic E-state index is 0.131. The summed E-state index contributed by atoms with van der Waals surface area (Å²) < 4.78 is 0. The zero-order valence-corrected chi connectivity index (χ0v) is 14.6. The Morgan fingerprint density at radius 3 is 2.50 bits per heavy atom. The maximum Gasteiger partial charge on any atom is 0.173 e. The molecule has 26 heavy (non-hydrogen) atoms. The van der Waals surface area contributed by atoms with E-state index in [1.165, 1.54) is 24.3 Å². The molecule has 0 fully saturated rings. The van der Waals surface area contributed by atoms with Crippen molar-refractivity contribution < 1.29 is 15.2 Å². The third kappa shape index (κ3) is 4.27. The maximum absolute atomic E-state index is 12.2. The highest BCUT2D eigenvalue weighted by Gasteiger charge is 2.09. The van der Waals surface area contributed by atoms with Gasteiger partial charge in [0.15, 0.2) is 16.6 Å². The Morgan fingerprint density at radius 1 is 1.08 bits per heavy atom. The van der Waals surface area contributed by atoms with E-state index in [9.17, 15) is 10.0 Å². The van der Waals surface area contributed by atoms with Crippen LogP contribution >= 0.6 is 11.8 Å². The summed E-state index contributed by atoms with van der Waals surface area (Å²) in [6, 6.07) is 19.5. The van der Waals surface area contributed by atoms with Gasteiger partial charge in [0.25, 0.3) is 0 Å². The van der Waals surface area contributed by atoms with Crippen molar-refractivity contribution in [3.8, 4) is 0 Å². The number of hydrogen-bond acceptors (Lipinski definition) is 5. The summed E-state index contributed by atoms with van der Waals surface area (Å²) in [5, 5.41) is 21.1. The van der Waals surface area contributed by atoms with Crippen molar-refractivity contribution in [1.29, 1.82) is 0 Å². The molecule has 1 atom stereocenters. The number of benzene rings is 3. The van der Waals surface area contributed by atoms with Crippen LogP contribution in [0.4, 0.5) is 11.4 Å². The van der Waals surface area contributed by atoms with Crippen LogP contribution in [0.2, 0.25) is 0 Å². The molecule has 0 saturated heterocycles. The van der Waals surface area contributed by atoms with E-state index in [0.29, 0.717) is 10.7 Å². The molecule has 1 unspecified atom stereocenters. The molecule has 0 saturated carbocycles. The first-order valence-corrected chi connectivity index (χ1v) is 8.84. The van der Waals surface area contributed by atoms with Gasteiger partial charge in [-0.15, -0.1) is 0 Å². The number of hydrogen-bond donors (Lipinski definition) is 3. The van der Waals surface area contributed by atoms with Crippen molar-refractivity contribution >= 4 is 44.9 Å². The molecule has 0 bridgehead atoms. The van der Waals surface area contributed by atoms with Crippen molar-refractivity contribution in [2.75, 3.05) is 5.75 Å². The number of nitrogens with two attached hydrogens (primary N) is 1. The number of ketones is 1. The van der Waals surface area contributed by atoms with Gasteiger partial charge in [0.1, 0.15) is 0 Å². The van der Waals surface area contributed by atoms with Gasteiger partial charge in [-0.05, 0) is 23.6 Å². The fraction of sp³-hybridized carbons (Fsp3) is 0.0526. The van der Waals surface area contributed by atoms with E-state index < -0.39 is 5.23 Å². The molecule has 0 aromatic heterocycles. The number of thioether (sulfide) groups is 1. The predicted octanol–water partition coefficient (Wildman–Crippen LogP) is 2.81. The Bertz CT molecular complexity index is 950. The Hall–Kier alpha value is -2.71. The number of aliphatic imine (C=N–C) groups is 1. The number of Topliss-reactive ketones (excluding diaryl/α,β-unsaturated/α-hetero) is 1. The van der Waals surface area contributed by atoms with Crippen LogP contribution in [0.15, 0.2) is 71.7 Å². The minimum atomic E-state index is -1.02. The Balaban J connectivity index is 1.68. The maximum atomic E-state index is 12.2. The summed E-state index contributed by atoms with van der Waals surface area (Å²) in [6.07, 6.45) is 0. The fourth-order valence-corrected chi connectivity index (χ4v) is 3.09. The fourth-order valence-electron chi connectivity index (χ4n) is 2.48. The van der Waals surface area contributed by atoms with Crippen molar-refractivity contribution in [2.24, 2.45) is 10.7 Å². The van der Waals surface area contributed by atoms with Crippen molar-refractivity contribution in [3.63, 3.8) is 0 Å². The first-order valence-electron chi connectivity index (χ1n) is 7.86. The van der Waals surface area contributed by atoms with Gasteiger partial charge in [-0.25, -0.2) is 10.2 Å². The van der Waals surface area contributed by atoms with Crippen LogP contribution in [0.1, 0.15) is 10.4 Å². The second-order valence-corrected chi connectivity index (χ2v) is 6.54. The summed E-state index contributed by atoms with van der Waals surface area (Å²) in [6.45, 7) is 0. The third-order valence-corrected chi connectivity index (χ3v) is 4.60. The van der Waals surface area contributed by atoms with E-state index in [4.69, 9.17) is 10.9 Å². The molecule has 6 nitrogen and oxygen atoms in total. The molecule has 0 heterocycles. The van der Waals surface area contributed by atoms with Crippen molar-refractivity contribution in [3.05, 3.63) is 77.5 Å². The number of fused-ring (bicyclic) bond motifs is 1. The average molecular weight is 367 g/mol. The Kier molecular flexibility index (Phi) is 5.65. The molecule has 3 aromatic carbocycles. The lowest BCUT2D eigenvalue weighted by Crippen LogP contribution is -2.99. The quantitative estimate of drug-likeness (QED) is 0.278. The van der Waals surface area contributed by atoms with Gasteiger partial charge in [-0.3, -0.25) is 4.79 Å². The van der Waals surface area contributed by atoms with Crippen LogP contribution in [-0.2, 0) is 0 Å². The van der Waals surface area contributed by atoms with Crippen LogP contribution in [-0.4, -0.2) is 21.9 Å². The molecule has 0 aliphatic carbocycles. The summed E-state index contributed by atoms with van der Waals surface area (Å²) >= 11 is 1.16. The first kappa shape index (κ1) is 18.1. The molecule has 0 aliphatic rings. The number of quaternary nitrogens is 1. The highest BCUT2D eigenvalue weighted by atomic mass is 32.2. The van der Waals surface area contributed by atoms with Crippen LogP contribution < -0.4 is 11.0 Å². The average Bonchev–Trinajstić information content (AvgIpc) is 2.66. The molecule has 4 N–H and O–H groups in total. The molecule has 3 rings (SSSR count). The van der Waals surface area contributed by atoms with E-state index in [1.807, 2.05) is 42.5 Å². The summed E-state index contributed by atoms with van der Waals surface area (Å²) in [4.78, 5) is 16.6. The van der Waals surface area contributed by atoms with Gasteiger partial charge in [0.2, 0.25) is 0 Å². The van der Waals surface area contributed by atoms with Gasteiger partial charge in [-0.2, -0.15) is 5.23 Å². The van der Waals surface area contributed by atoms with Gasteiger partial charge in [0, 0.05) is 23.1 Å². The largest absolute Gasteiger partial charge is 0.595 e. The number of nitrogens with zero attached hydrogens (tertiary/aromatic N) is 1. The molecule has 132 valence electrons. The van der Waals surface area contributed by atoms with Gasteiger partial charge >= 0.3 is 0 Å². The smallest absolute Gasteiger partial charge is 0.173 e.